The molecule has 4 amide bonds. The lowest BCUT2D eigenvalue weighted by Crippen LogP contribution is -2.39. The minimum Gasteiger partial charge on any atom is -0.494 e. The average Bonchev–Trinajstić information content (AvgIpc) is 0.800. The van der Waals surface area contributed by atoms with Gasteiger partial charge in [-0.25, -0.2) is 43.3 Å². The van der Waals surface area contributed by atoms with E-state index in [2.05, 4.69) is 55.6 Å². The van der Waals surface area contributed by atoms with Gasteiger partial charge in [0.1, 0.15) is 42.5 Å². The SMILES string of the molecule is CCCCCCCCCCCCOC(=O)CNS(=O)(=O)c1cc(NC(=O)NNc2cc(C#N)c(C#N)cc2Cl)cc(S(=O)(=O)NCC(=O)OCCCCCCCCCCCC)c1.CCOc1cc(OCC)cc(OCCCNC(=O)NNc2cc(S(C)(=O)=O)c(S(C)(=O)=O)cc2C)c1. The van der Waals surface area contributed by atoms with Crippen LogP contribution in [0.5, 0.6) is 17.2 Å². The number of urea groups is 2. The molecule has 4 aromatic carbocycles. The number of nitrogens with zero attached hydrogens (tertiary/aromatic N) is 2. The molecule has 0 atom stereocenters. The van der Waals surface area contributed by atoms with Crippen molar-refractivity contribution in [2.75, 3.05) is 81.3 Å². The summed E-state index contributed by atoms with van der Waals surface area (Å²) in [6.45, 7) is 10.1. The van der Waals surface area contributed by atoms with Crippen LogP contribution in [0, 0.1) is 29.6 Å². The number of aryl methyl sites for hydroxylation is 1. The number of nitrogens with one attached hydrogen (secondary N) is 8. The van der Waals surface area contributed by atoms with E-state index >= 15 is 0 Å². The highest BCUT2D eigenvalue weighted by molar-refractivity contribution is 7.93. The Morgan fingerprint density at radius 2 is 0.878 bits per heavy atom. The summed E-state index contributed by atoms with van der Waals surface area (Å²) in [5.74, 6) is 0.194. The van der Waals surface area contributed by atoms with Gasteiger partial charge in [-0.1, -0.05) is 141 Å². The van der Waals surface area contributed by atoms with E-state index in [0.717, 1.165) is 82.1 Å². The molecule has 0 unspecified atom stereocenters. The van der Waals surface area contributed by atoms with Crippen molar-refractivity contribution in [3.8, 4) is 29.4 Å². The molecule has 0 saturated heterocycles. The number of hydrogen-bond donors (Lipinski definition) is 8. The molecule has 4 aromatic rings. The van der Waals surface area contributed by atoms with Crippen LogP contribution in [-0.2, 0) is 58.8 Å². The van der Waals surface area contributed by atoms with E-state index in [9.17, 15) is 63.4 Å². The second-order valence-corrected chi connectivity index (χ2v) is 30.7. The Kier molecular flexibility index (Phi) is 38.9. The minimum absolute atomic E-state index is 0.00572. The molecular formula is C66H97ClN10O17S4. The number of benzene rings is 4. The molecule has 544 valence electrons. The zero-order valence-electron chi connectivity index (χ0n) is 57.1. The molecule has 0 bridgehead atoms. The van der Waals surface area contributed by atoms with Crippen LogP contribution in [0.4, 0.5) is 26.7 Å². The Hall–Kier alpha value is -7.65. The van der Waals surface area contributed by atoms with Gasteiger partial charge in [0.25, 0.3) is 0 Å². The first-order valence-electron chi connectivity index (χ1n) is 32.9. The number of amides is 4. The summed E-state index contributed by atoms with van der Waals surface area (Å²) in [6.07, 6.45) is 24.2. The summed E-state index contributed by atoms with van der Waals surface area (Å²) in [5, 5.41) is 23.5. The molecule has 98 heavy (non-hydrogen) atoms. The largest absolute Gasteiger partial charge is 0.494 e. The first kappa shape index (κ1) is 84.6. The number of esters is 2. The first-order chi connectivity index (χ1) is 46.6. The van der Waals surface area contributed by atoms with Crippen molar-refractivity contribution >= 4 is 92.4 Å². The third-order valence-electron chi connectivity index (χ3n) is 14.5. The zero-order chi connectivity index (χ0) is 72.6. The summed E-state index contributed by atoms with van der Waals surface area (Å²) in [7, 11) is -16.8. The summed E-state index contributed by atoms with van der Waals surface area (Å²) in [6, 6.07) is 15.0. The van der Waals surface area contributed by atoms with Gasteiger partial charge in [-0.15, -0.1) is 0 Å². The third kappa shape index (κ3) is 33.3. The Labute approximate surface area is 583 Å². The molecule has 0 aliphatic rings. The van der Waals surface area contributed by atoms with E-state index in [1.165, 1.54) is 88.5 Å². The lowest BCUT2D eigenvalue weighted by atomic mass is 10.1. The van der Waals surface area contributed by atoms with Gasteiger partial charge in [0, 0.05) is 42.9 Å². The number of sulfone groups is 2. The van der Waals surface area contributed by atoms with Crippen LogP contribution in [0.2, 0.25) is 5.02 Å². The van der Waals surface area contributed by atoms with Gasteiger partial charge in [0.15, 0.2) is 19.7 Å². The van der Waals surface area contributed by atoms with Crippen LogP contribution >= 0.6 is 11.6 Å². The molecule has 0 aromatic heterocycles. The molecule has 0 aliphatic carbocycles. The minimum atomic E-state index is -4.58. The number of anilines is 3. The zero-order valence-corrected chi connectivity index (χ0v) is 61.1. The molecule has 0 aliphatic heterocycles. The maximum absolute atomic E-state index is 13.4. The quantitative estimate of drug-likeness (QED) is 0.0116. The fourth-order valence-corrected chi connectivity index (χ4v) is 14.2. The van der Waals surface area contributed by atoms with Crippen LogP contribution in [0.3, 0.4) is 0 Å². The van der Waals surface area contributed by atoms with Crippen molar-refractivity contribution in [2.24, 2.45) is 0 Å². The molecule has 8 N–H and O–H groups in total. The van der Waals surface area contributed by atoms with Crippen molar-refractivity contribution in [2.45, 2.75) is 189 Å². The average molecular weight is 1470 g/mol. The molecule has 32 heteroatoms. The number of carbonyl (C=O) groups excluding carboxylic acids is 4. The van der Waals surface area contributed by atoms with Crippen molar-refractivity contribution in [3.63, 3.8) is 0 Å². The highest BCUT2D eigenvalue weighted by Gasteiger charge is 2.26. The number of halogens is 1. The van der Waals surface area contributed by atoms with Gasteiger partial charge in [0.05, 0.1) is 80.1 Å². The lowest BCUT2D eigenvalue weighted by Gasteiger charge is -2.15. The van der Waals surface area contributed by atoms with E-state index in [4.69, 9.17) is 35.3 Å². The first-order valence-corrected chi connectivity index (χ1v) is 40.0. The van der Waals surface area contributed by atoms with Crippen LogP contribution in [0.1, 0.15) is 179 Å². The van der Waals surface area contributed by atoms with Crippen molar-refractivity contribution in [1.82, 2.24) is 25.6 Å². The summed E-state index contributed by atoms with van der Waals surface area (Å²) in [5.41, 5.74) is 10.2. The van der Waals surface area contributed by atoms with Crippen molar-refractivity contribution in [1.29, 1.82) is 10.5 Å². The number of nitriles is 2. The number of carbonyl (C=O) groups is 4. The van der Waals surface area contributed by atoms with Gasteiger partial charge in [-0.3, -0.25) is 31.3 Å². The number of hydrazine groups is 2. The second-order valence-electron chi connectivity index (χ2n) is 22.8. The molecule has 0 spiro atoms. The van der Waals surface area contributed by atoms with E-state index in [-0.39, 0.29) is 56.2 Å². The summed E-state index contributed by atoms with van der Waals surface area (Å²) >= 11 is 6.17. The number of unbranched alkanes of at least 4 members (excludes halogenated alkanes) is 18. The lowest BCUT2D eigenvalue weighted by molar-refractivity contribution is -0.143. The summed E-state index contributed by atoms with van der Waals surface area (Å²) < 4.78 is 133. The Morgan fingerprint density at radius 1 is 0.469 bits per heavy atom. The maximum Gasteiger partial charge on any atom is 0.337 e. The molecule has 0 saturated carbocycles. The fourth-order valence-electron chi connectivity index (χ4n) is 9.36. The highest BCUT2D eigenvalue weighted by Crippen LogP contribution is 2.31. The third-order valence-corrected chi connectivity index (χ3v) is 20.0. The number of rotatable bonds is 46. The fraction of sp³-hybridized carbons (Fsp3) is 0.545. The molecule has 0 radical (unpaired) electrons. The van der Waals surface area contributed by atoms with Crippen LogP contribution in [-0.4, -0.2) is 123 Å². The normalized spacial score (nSPS) is 11.4. The number of hydrogen-bond acceptors (Lipinski definition) is 21. The topological polar surface area (TPSA) is 395 Å². The van der Waals surface area contributed by atoms with E-state index < -0.39 is 86.6 Å². The summed E-state index contributed by atoms with van der Waals surface area (Å²) in [4.78, 5) is 48.0. The van der Waals surface area contributed by atoms with Crippen molar-refractivity contribution < 1.29 is 76.5 Å². The van der Waals surface area contributed by atoms with Crippen LogP contribution < -0.4 is 56.0 Å². The Morgan fingerprint density at radius 3 is 1.32 bits per heavy atom. The second kappa shape index (κ2) is 45.1. The molecule has 0 fully saturated rings. The predicted molar refractivity (Wildman–Crippen MR) is 376 cm³/mol. The smallest absolute Gasteiger partial charge is 0.337 e. The van der Waals surface area contributed by atoms with Gasteiger partial charge in [0.2, 0.25) is 20.0 Å². The molecule has 27 nitrogen and oxygen atoms in total. The number of ether oxygens (including phenoxy) is 5. The molecule has 4 rings (SSSR count). The molecular weight excluding hydrogens is 1370 g/mol. The predicted octanol–water partition coefficient (Wildman–Crippen LogP) is 11.4. The van der Waals surface area contributed by atoms with Crippen LogP contribution in [0.25, 0.3) is 0 Å². The number of sulfonamides is 2. The maximum atomic E-state index is 13.4. The Balaban J connectivity index is 0.000000587. The van der Waals surface area contributed by atoms with Gasteiger partial charge in [-0.2, -0.15) is 20.0 Å². The van der Waals surface area contributed by atoms with Gasteiger partial charge >= 0.3 is 24.0 Å². The van der Waals surface area contributed by atoms with E-state index in [1.54, 1.807) is 25.1 Å². The Bertz CT molecular complexity index is 3660. The van der Waals surface area contributed by atoms with E-state index in [1.807, 2.05) is 26.0 Å². The van der Waals surface area contributed by atoms with Crippen LogP contribution in [0.15, 0.2) is 80.2 Å². The van der Waals surface area contributed by atoms with Crippen molar-refractivity contribution in [3.05, 3.63) is 82.4 Å². The molecule has 0 heterocycles. The standard InChI is InChI=1S/C43H64ClN7O9S2.C23H33N3O8S2/c1-3-5-7-9-11-13-15-17-19-21-23-59-41(52)32-47-61(55,56)37-27-36(49-43(54)51-50-40-26-35(31-46)34(30-45)25-39(40)44)28-38(29-37)62(57,58)48-33-42(53)60-24-22-20-18-16-14-12-10-8-6-4-2;1-6-32-17-12-18(33-7-2)14-19(13-17)34-10-8-9-24-23(27)26-25-20-15-22(36(5,30)31)21(11-16(20)3)35(4,28)29/h25-29,47-48,50H,3-24,32-33H2,1-2H3,(H2,49,51,54);11-15,25H,6-10H2,1-5H3,(H2,24,26,27). The highest BCUT2D eigenvalue weighted by atomic mass is 35.5. The van der Waals surface area contributed by atoms with Gasteiger partial charge in [-0.05, 0) is 88.1 Å². The van der Waals surface area contributed by atoms with Gasteiger partial charge < -0.3 is 34.3 Å². The van der Waals surface area contributed by atoms with E-state index in [0.29, 0.717) is 68.4 Å². The monoisotopic (exact) mass is 1460 g/mol.